The lowest BCUT2D eigenvalue weighted by Crippen LogP contribution is -2.59. The van der Waals surface area contributed by atoms with Gasteiger partial charge >= 0.3 is 11.9 Å². The van der Waals surface area contributed by atoms with E-state index in [0.29, 0.717) is 17.6 Å². The summed E-state index contributed by atoms with van der Waals surface area (Å²) in [4.78, 5) is 25.0. The summed E-state index contributed by atoms with van der Waals surface area (Å²) in [5.41, 5.74) is 4.85. The van der Waals surface area contributed by atoms with Gasteiger partial charge in [-0.15, -0.1) is 0 Å². The topological polar surface area (TPSA) is 54.4 Å². The molecule has 3 aromatic rings. The molecule has 0 fully saturated rings. The number of carboxylic acid groups (broad SMARTS) is 1. The van der Waals surface area contributed by atoms with E-state index < -0.39 is 5.97 Å². The van der Waals surface area contributed by atoms with Gasteiger partial charge in [0.05, 0.1) is 25.9 Å². The van der Waals surface area contributed by atoms with E-state index in [0.717, 1.165) is 24.8 Å². The Hall–Kier alpha value is -3.24. The van der Waals surface area contributed by atoms with Crippen LogP contribution in [0.4, 0.5) is 0 Å². The molecule has 0 aliphatic carbocycles. The molecule has 0 spiro atoms. The number of aliphatic carboxylic acids is 1. The maximum absolute atomic E-state index is 13.8. The van der Waals surface area contributed by atoms with Gasteiger partial charge in [-0.3, -0.25) is 9.28 Å². The molecule has 4 nitrogen and oxygen atoms in total. The van der Waals surface area contributed by atoms with Crippen molar-refractivity contribution in [2.75, 3.05) is 13.1 Å². The van der Waals surface area contributed by atoms with E-state index in [4.69, 9.17) is 0 Å². The van der Waals surface area contributed by atoms with Crippen molar-refractivity contribution in [1.82, 2.24) is 0 Å². The minimum Gasteiger partial charge on any atom is -0.481 e. The minimum atomic E-state index is -0.922. The molecule has 0 saturated heterocycles. The van der Waals surface area contributed by atoms with Gasteiger partial charge in [-0.25, -0.2) is 4.79 Å². The lowest BCUT2D eigenvalue weighted by Gasteiger charge is -2.46. The second-order valence-corrected chi connectivity index (χ2v) is 8.62. The molecule has 4 rings (SSSR count). The van der Waals surface area contributed by atoms with Gasteiger partial charge < -0.3 is 5.11 Å². The molecule has 1 aliphatic rings. The number of hydrogen-bond donors (Lipinski definition) is 1. The first-order chi connectivity index (χ1) is 15.6. The van der Waals surface area contributed by atoms with Crippen LogP contribution in [0.3, 0.4) is 0 Å². The number of fused-ring (bicyclic) bond motifs is 1. The van der Waals surface area contributed by atoms with Crippen molar-refractivity contribution in [2.45, 2.75) is 38.1 Å². The van der Waals surface area contributed by atoms with E-state index >= 15 is 0 Å². The zero-order chi connectivity index (χ0) is 22.4. The van der Waals surface area contributed by atoms with E-state index in [-0.39, 0.29) is 24.8 Å². The second kappa shape index (κ2) is 9.92. The van der Waals surface area contributed by atoms with Crippen LogP contribution in [-0.4, -0.2) is 34.6 Å². The zero-order valence-electron chi connectivity index (χ0n) is 18.3. The highest BCUT2D eigenvalue weighted by atomic mass is 16.4. The molecule has 1 heterocycles. The number of nitrogens with zero attached hydrogens (tertiary/aromatic N) is 1. The van der Waals surface area contributed by atoms with Crippen LogP contribution in [0, 0.1) is 0 Å². The first-order valence-corrected chi connectivity index (χ1v) is 11.4. The van der Waals surface area contributed by atoms with Crippen molar-refractivity contribution >= 4 is 11.9 Å². The highest BCUT2D eigenvalue weighted by Crippen LogP contribution is 2.42. The molecule has 0 saturated carbocycles. The Kier molecular flexibility index (Phi) is 6.81. The minimum absolute atomic E-state index is 0.0313. The summed E-state index contributed by atoms with van der Waals surface area (Å²) in [6.45, 7) is 1.39. The molecule has 32 heavy (non-hydrogen) atoms. The van der Waals surface area contributed by atoms with Gasteiger partial charge in [0.1, 0.15) is 6.04 Å². The smallest absolute Gasteiger partial charge is 0.315 e. The van der Waals surface area contributed by atoms with Gasteiger partial charge in [-0.2, -0.15) is 0 Å². The van der Waals surface area contributed by atoms with Gasteiger partial charge in [0.2, 0.25) is 0 Å². The van der Waals surface area contributed by atoms with Crippen LogP contribution in [-0.2, 0) is 22.4 Å². The van der Waals surface area contributed by atoms with E-state index in [9.17, 15) is 14.7 Å². The lowest BCUT2D eigenvalue weighted by molar-refractivity contribution is -0.882. The van der Waals surface area contributed by atoms with Crippen molar-refractivity contribution in [3.8, 4) is 0 Å². The molecule has 3 aromatic carbocycles. The molecule has 2 atom stereocenters. The molecule has 1 aliphatic heterocycles. The molecule has 0 bridgehead atoms. The van der Waals surface area contributed by atoms with E-state index in [1.807, 2.05) is 42.5 Å². The first kappa shape index (κ1) is 22.0. The Morgan fingerprint density at radius 1 is 0.844 bits per heavy atom. The molecule has 164 valence electrons. The Labute approximate surface area is 189 Å². The second-order valence-electron chi connectivity index (χ2n) is 8.62. The summed E-state index contributed by atoms with van der Waals surface area (Å²) in [7, 11) is 0. The third-order valence-corrected chi connectivity index (χ3v) is 6.65. The number of amides is 1. The normalized spacial score (nSPS) is 19.8. The van der Waals surface area contributed by atoms with E-state index in [1.54, 1.807) is 0 Å². The lowest BCUT2D eigenvalue weighted by atomic mass is 9.84. The van der Waals surface area contributed by atoms with Crippen molar-refractivity contribution in [1.29, 1.82) is 0 Å². The predicted octanol–water partition coefficient (Wildman–Crippen LogP) is 5.17. The number of rotatable bonds is 8. The predicted molar refractivity (Wildman–Crippen MR) is 125 cm³/mol. The molecule has 0 aromatic heterocycles. The summed E-state index contributed by atoms with van der Waals surface area (Å²) >= 11 is 0. The Bertz CT molecular complexity index is 1060. The molecular formula is C28H30NO3+. The van der Waals surface area contributed by atoms with E-state index in [2.05, 4.69) is 42.5 Å². The maximum atomic E-state index is 13.8. The van der Waals surface area contributed by atoms with Gasteiger partial charge in [0.25, 0.3) is 0 Å². The van der Waals surface area contributed by atoms with Crippen LogP contribution in [0.15, 0.2) is 84.9 Å². The summed E-state index contributed by atoms with van der Waals surface area (Å²) in [6.07, 6.45) is 2.53. The average molecular weight is 429 g/mol. The molecule has 0 radical (unpaired) electrons. The molecule has 2 unspecified atom stereocenters. The SMILES string of the molecule is O=C(O)CCC(=O)[N+]1(CCCc2ccccc2)CCc2ccccc2C1c1ccccc1. The number of benzene rings is 3. The zero-order valence-corrected chi connectivity index (χ0v) is 18.3. The van der Waals surface area contributed by atoms with Crippen molar-refractivity contribution in [3.63, 3.8) is 0 Å². The summed E-state index contributed by atoms with van der Waals surface area (Å²) in [5, 5.41) is 9.25. The molecular weight excluding hydrogens is 398 g/mol. The monoisotopic (exact) mass is 428 g/mol. The Balaban J connectivity index is 1.73. The number of hydrogen-bond acceptors (Lipinski definition) is 2. The van der Waals surface area contributed by atoms with Crippen LogP contribution in [0.1, 0.15) is 47.6 Å². The van der Waals surface area contributed by atoms with Crippen LogP contribution in [0.5, 0.6) is 0 Å². The average Bonchev–Trinajstić information content (AvgIpc) is 2.83. The first-order valence-electron chi connectivity index (χ1n) is 11.4. The van der Waals surface area contributed by atoms with Crippen LogP contribution in [0.25, 0.3) is 0 Å². The molecule has 1 N–H and O–H groups in total. The Morgan fingerprint density at radius 2 is 1.50 bits per heavy atom. The number of carbonyl (C=O) groups is 2. The number of aryl methyl sites for hydroxylation is 1. The fourth-order valence-electron chi connectivity index (χ4n) is 5.12. The third kappa shape index (κ3) is 4.66. The Morgan fingerprint density at radius 3 is 2.22 bits per heavy atom. The highest BCUT2D eigenvalue weighted by molar-refractivity contribution is 5.77. The summed E-state index contributed by atoms with van der Waals surface area (Å²) in [6, 6.07) is 28.9. The van der Waals surface area contributed by atoms with Crippen LogP contribution in [0.2, 0.25) is 0 Å². The fraction of sp³-hybridized carbons (Fsp3) is 0.286. The summed E-state index contributed by atoms with van der Waals surface area (Å²) in [5.74, 6) is -0.890. The van der Waals surface area contributed by atoms with Crippen molar-refractivity contribution < 1.29 is 19.2 Å². The molecule has 1 amide bonds. The third-order valence-electron chi connectivity index (χ3n) is 6.65. The summed E-state index contributed by atoms with van der Waals surface area (Å²) < 4.78 is 0.293. The largest absolute Gasteiger partial charge is 0.481 e. The highest BCUT2D eigenvalue weighted by Gasteiger charge is 2.48. The van der Waals surface area contributed by atoms with Crippen molar-refractivity contribution in [2.24, 2.45) is 0 Å². The number of quaternary nitrogens is 1. The fourth-order valence-corrected chi connectivity index (χ4v) is 5.12. The maximum Gasteiger partial charge on any atom is 0.315 e. The van der Waals surface area contributed by atoms with Gasteiger partial charge in [-0.1, -0.05) is 84.9 Å². The number of carboxylic acids is 1. The van der Waals surface area contributed by atoms with Crippen LogP contribution < -0.4 is 0 Å². The molecule has 4 heteroatoms. The van der Waals surface area contributed by atoms with Gasteiger partial charge in [0, 0.05) is 24.0 Å². The standard InChI is InChI=1S/C28H29NO3/c30-26(17-18-27(31)32)29(20-9-12-22-10-3-1-4-11-22)21-19-23-13-7-8-16-25(23)28(29)24-14-5-2-6-15-24/h1-8,10-11,13-16,28H,9,12,17-21H2/p+1. The van der Waals surface area contributed by atoms with Gasteiger partial charge in [-0.05, 0) is 17.5 Å². The van der Waals surface area contributed by atoms with Gasteiger partial charge in [0.15, 0.2) is 0 Å². The number of carbonyl (C=O) groups excluding carboxylic acids is 1. The quantitative estimate of drug-likeness (QED) is 0.504. The van der Waals surface area contributed by atoms with E-state index in [1.165, 1.54) is 16.7 Å². The van der Waals surface area contributed by atoms with Crippen molar-refractivity contribution in [3.05, 3.63) is 107 Å². The van der Waals surface area contributed by atoms with Crippen LogP contribution >= 0.6 is 0 Å².